The summed E-state index contributed by atoms with van der Waals surface area (Å²) in [6.07, 6.45) is 1.10. The van der Waals surface area contributed by atoms with Gasteiger partial charge in [0, 0.05) is 26.1 Å². The van der Waals surface area contributed by atoms with Gasteiger partial charge < -0.3 is 15.4 Å². The fraction of sp³-hybridized carbons (Fsp3) is 0.833. The van der Waals surface area contributed by atoms with Crippen LogP contribution in [-0.2, 0) is 9.53 Å². The van der Waals surface area contributed by atoms with Crippen molar-refractivity contribution in [2.24, 2.45) is 0 Å². The highest BCUT2D eigenvalue weighted by atomic mass is 35.5. The Hall–Kier alpha value is -1.01. The summed E-state index contributed by atoms with van der Waals surface area (Å²) in [4.78, 5) is 25.6. The largest absolute Gasteiger partial charge is 0.444 e. The summed E-state index contributed by atoms with van der Waals surface area (Å²) in [5.41, 5.74) is -0.556. The van der Waals surface area contributed by atoms with Crippen LogP contribution in [0.25, 0.3) is 0 Å². The smallest absolute Gasteiger partial charge is 0.407 e. The molecule has 19 heavy (non-hydrogen) atoms. The topological polar surface area (TPSA) is 79.5 Å². The van der Waals surface area contributed by atoms with Crippen LogP contribution in [0, 0.1) is 0 Å². The molecule has 0 heterocycles. The molecule has 112 valence electrons. The second-order valence-electron chi connectivity index (χ2n) is 5.25. The summed E-state index contributed by atoms with van der Waals surface area (Å²) in [5.74, 6) is -0.125. The van der Waals surface area contributed by atoms with Gasteiger partial charge in [-0.3, -0.25) is 4.79 Å². The zero-order chi connectivity index (χ0) is 14.9. The standard InChI is InChI=1S/C12H24ClN3O3/c1-12(2,3)19-11(18)16-9(6-5-7-15-13)8-10(17)14-4/h9,15H,5-8H2,1-4H3,(H,14,17)(H,16,18). The molecule has 0 saturated heterocycles. The van der Waals surface area contributed by atoms with Crippen LogP contribution in [0.3, 0.4) is 0 Å². The van der Waals surface area contributed by atoms with E-state index in [1.54, 1.807) is 27.8 Å². The molecule has 0 aromatic carbocycles. The van der Waals surface area contributed by atoms with Gasteiger partial charge in [0.2, 0.25) is 5.91 Å². The van der Waals surface area contributed by atoms with Crippen molar-refractivity contribution in [3.8, 4) is 0 Å². The molecule has 0 rings (SSSR count). The Morgan fingerprint density at radius 1 is 1.32 bits per heavy atom. The third kappa shape index (κ3) is 10.6. The number of halogens is 1. The Bertz CT molecular complexity index is 292. The highest BCUT2D eigenvalue weighted by Crippen LogP contribution is 2.09. The Kier molecular flexibility index (Phi) is 8.51. The number of carbonyl (C=O) groups is 2. The summed E-state index contributed by atoms with van der Waals surface area (Å²) in [6.45, 7) is 5.98. The summed E-state index contributed by atoms with van der Waals surface area (Å²) in [5, 5.41) is 5.24. The molecule has 0 radical (unpaired) electrons. The summed E-state index contributed by atoms with van der Waals surface area (Å²) in [7, 11) is 1.56. The lowest BCUT2D eigenvalue weighted by Gasteiger charge is -2.23. The monoisotopic (exact) mass is 293 g/mol. The summed E-state index contributed by atoms with van der Waals surface area (Å²) < 4.78 is 5.17. The van der Waals surface area contributed by atoms with Crippen molar-refractivity contribution in [1.82, 2.24) is 15.5 Å². The predicted octanol–water partition coefficient (Wildman–Crippen LogP) is 1.54. The van der Waals surface area contributed by atoms with Crippen LogP contribution in [-0.4, -0.2) is 37.2 Å². The van der Waals surface area contributed by atoms with Gasteiger partial charge in [0.15, 0.2) is 0 Å². The number of hydrogen-bond acceptors (Lipinski definition) is 4. The lowest BCUT2D eigenvalue weighted by Crippen LogP contribution is -2.41. The summed E-state index contributed by atoms with van der Waals surface area (Å²) >= 11 is 5.37. The minimum Gasteiger partial charge on any atom is -0.444 e. The second-order valence-corrected chi connectivity index (χ2v) is 5.51. The fourth-order valence-corrected chi connectivity index (χ4v) is 1.57. The molecule has 0 bridgehead atoms. The molecular formula is C12H24ClN3O3. The van der Waals surface area contributed by atoms with Gasteiger partial charge in [-0.25, -0.2) is 9.63 Å². The van der Waals surface area contributed by atoms with E-state index in [1.807, 2.05) is 0 Å². The van der Waals surface area contributed by atoms with Gasteiger partial charge in [-0.05, 0) is 45.4 Å². The quantitative estimate of drug-likeness (QED) is 0.491. The van der Waals surface area contributed by atoms with E-state index in [1.165, 1.54) is 0 Å². The molecule has 1 unspecified atom stereocenters. The van der Waals surface area contributed by atoms with Crippen molar-refractivity contribution < 1.29 is 14.3 Å². The first-order valence-electron chi connectivity index (χ1n) is 6.32. The number of hydrogen-bond donors (Lipinski definition) is 3. The fourth-order valence-electron chi connectivity index (χ4n) is 1.44. The normalized spacial score (nSPS) is 12.7. The van der Waals surface area contributed by atoms with Crippen molar-refractivity contribution in [3.63, 3.8) is 0 Å². The van der Waals surface area contributed by atoms with Crippen molar-refractivity contribution in [3.05, 3.63) is 0 Å². The first-order chi connectivity index (χ1) is 8.78. The summed E-state index contributed by atoms with van der Waals surface area (Å²) in [6, 6.07) is -0.264. The van der Waals surface area contributed by atoms with Gasteiger partial charge in [0.05, 0.1) is 0 Å². The van der Waals surface area contributed by atoms with Crippen molar-refractivity contribution in [2.45, 2.75) is 51.7 Å². The van der Waals surface area contributed by atoms with Gasteiger partial charge >= 0.3 is 6.09 Å². The molecule has 6 nitrogen and oxygen atoms in total. The maximum atomic E-state index is 11.7. The zero-order valence-corrected chi connectivity index (χ0v) is 12.8. The Labute approximate surface area is 119 Å². The van der Waals surface area contributed by atoms with Gasteiger partial charge in [-0.2, -0.15) is 0 Å². The van der Waals surface area contributed by atoms with E-state index in [-0.39, 0.29) is 18.4 Å². The lowest BCUT2D eigenvalue weighted by molar-refractivity contribution is -0.121. The molecule has 3 N–H and O–H groups in total. The van der Waals surface area contributed by atoms with E-state index in [2.05, 4.69) is 15.5 Å². The average molecular weight is 294 g/mol. The third-order valence-electron chi connectivity index (χ3n) is 2.26. The maximum Gasteiger partial charge on any atom is 0.407 e. The molecule has 0 spiro atoms. The van der Waals surface area contributed by atoms with Crippen LogP contribution in [0.1, 0.15) is 40.0 Å². The van der Waals surface area contributed by atoms with E-state index < -0.39 is 11.7 Å². The van der Waals surface area contributed by atoms with Crippen LogP contribution in [0.4, 0.5) is 4.79 Å². The number of amides is 2. The van der Waals surface area contributed by atoms with E-state index >= 15 is 0 Å². The number of carbonyl (C=O) groups excluding carboxylic acids is 2. The van der Waals surface area contributed by atoms with Crippen LogP contribution >= 0.6 is 11.8 Å². The Morgan fingerprint density at radius 2 is 1.95 bits per heavy atom. The van der Waals surface area contributed by atoms with E-state index in [0.29, 0.717) is 13.0 Å². The van der Waals surface area contributed by atoms with Gasteiger partial charge in [0.1, 0.15) is 5.60 Å². The van der Waals surface area contributed by atoms with Crippen LogP contribution in [0.5, 0.6) is 0 Å². The molecule has 2 amide bonds. The average Bonchev–Trinajstić information content (AvgIpc) is 2.26. The number of alkyl carbamates (subject to hydrolysis) is 1. The van der Waals surface area contributed by atoms with E-state index in [9.17, 15) is 9.59 Å². The van der Waals surface area contributed by atoms with Crippen LogP contribution < -0.4 is 15.5 Å². The van der Waals surface area contributed by atoms with E-state index in [4.69, 9.17) is 16.5 Å². The molecule has 0 fully saturated rings. The van der Waals surface area contributed by atoms with Crippen molar-refractivity contribution in [1.29, 1.82) is 0 Å². The van der Waals surface area contributed by atoms with Crippen molar-refractivity contribution in [2.75, 3.05) is 13.6 Å². The predicted molar refractivity (Wildman–Crippen MR) is 74.9 cm³/mol. The number of ether oxygens (including phenoxy) is 1. The molecule has 0 aliphatic heterocycles. The second kappa shape index (κ2) is 8.98. The molecule has 0 saturated carbocycles. The SMILES string of the molecule is CNC(=O)CC(CCCNCl)NC(=O)OC(C)(C)C. The maximum absolute atomic E-state index is 11.7. The van der Waals surface area contributed by atoms with Gasteiger partial charge in [-0.15, -0.1) is 0 Å². The zero-order valence-electron chi connectivity index (χ0n) is 12.0. The van der Waals surface area contributed by atoms with E-state index in [0.717, 1.165) is 6.42 Å². The van der Waals surface area contributed by atoms with Gasteiger partial charge in [0.25, 0.3) is 0 Å². The number of nitrogens with one attached hydrogen (secondary N) is 3. The first kappa shape index (κ1) is 18.0. The first-order valence-corrected chi connectivity index (χ1v) is 6.70. The molecule has 7 heteroatoms. The molecular weight excluding hydrogens is 270 g/mol. The minimum atomic E-state index is -0.556. The molecule has 1 atom stereocenters. The number of rotatable bonds is 7. The highest BCUT2D eigenvalue weighted by Gasteiger charge is 2.20. The molecule has 0 aliphatic carbocycles. The Morgan fingerprint density at radius 3 is 2.42 bits per heavy atom. The van der Waals surface area contributed by atoms with Crippen LogP contribution in [0.2, 0.25) is 0 Å². The minimum absolute atomic E-state index is 0.125. The van der Waals surface area contributed by atoms with Gasteiger partial charge in [-0.1, -0.05) is 0 Å². The third-order valence-corrected chi connectivity index (χ3v) is 2.44. The van der Waals surface area contributed by atoms with Crippen LogP contribution in [0.15, 0.2) is 0 Å². The lowest BCUT2D eigenvalue weighted by atomic mass is 10.1. The Balaban J connectivity index is 4.31. The highest BCUT2D eigenvalue weighted by molar-refractivity contribution is 6.13. The molecule has 0 aromatic rings. The molecule has 0 aromatic heterocycles. The van der Waals surface area contributed by atoms with Crippen molar-refractivity contribution >= 4 is 23.8 Å². The molecule has 0 aliphatic rings.